The highest BCUT2D eigenvalue weighted by Crippen LogP contribution is 2.29. The van der Waals surface area contributed by atoms with Crippen molar-refractivity contribution in [2.45, 2.75) is 44.8 Å². The van der Waals surface area contributed by atoms with Crippen molar-refractivity contribution in [1.29, 1.82) is 0 Å². The van der Waals surface area contributed by atoms with Crippen LogP contribution in [-0.4, -0.2) is 61.1 Å². The lowest BCUT2D eigenvalue weighted by atomic mass is 9.92. The number of amides is 3. The van der Waals surface area contributed by atoms with Gasteiger partial charge in [-0.1, -0.05) is 35.9 Å². The summed E-state index contributed by atoms with van der Waals surface area (Å²) in [6.07, 6.45) is 2.34. The first kappa shape index (κ1) is 22.1. The summed E-state index contributed by atoms with van der Waals surface area (Å²) in [4.78, 5) is 30.0. The maximum Gasteiger partial charge on any atom is 0.327 e. The maximum atomic E-state index is 13.5. The van der Waals surface area contributed by atoms with Crippen LogP contribution in [0.1, 0.15) is 29.5 Å². The summed E-state index contributed by atoms with van der Waals surface area (Å²) >= 11 is 0. The number of rotatable bonds is 7. The van der Waals surface area contributed by atoms with Gasteiger partial charge in [0.15, 0.2) is 11.5 Å². The number of aryl methyl sites for hydroxylation is 1. The summed E-state index contributed by atoms with van der Waals surface area (Å²) in [7, 11) is 3.19. The first-order chi connectivity index (χ1) is 15.5. The highest BCUT2D eigenvalue weighted by atomic mass is 16.5. The number of imide groups is 1. The summed E-state index contributed by atoms with van der Waals surface area (Å²) in [6, 6.07) is 13.2. The lowest BCUT2D eigenvalue weighted by molar-refractivity contribution is -0.137. The van der Waals surface area contributed by atoms with E-state index in [0.29, 0.717) is 31.0 Å². The lowest BCUT2D eigenvalue weighted by Crippen LogP contribution is -2.69. The predicted molar refractivity (Wildman–Crippen MR) is 122 cm³/mol. The number of carbonyl (C=O) groups is 2. The molecule has 2 atom stereocenters. The molecule has 0 spiro atoms. The molecule has 2 heterocycles. The van der Waals surface area contributed by atoms with Crippen LogP contribution in [-0.2, 0) is 17.8 Å². The summed E-state index contributed by atoms with van der Waals surface area (Å²) < 4.78 is 10.7. The average molecular weight is 438 g/mol. The van der Waals surface area contributed by atoms with Crippen LogP contribution in [0, 0.1) is 6.92 Å². The number of urea groups is 1. The van der Waals surface area contributed by atoms with Gasteiger partial charge >= 0.3 is 6.03 Å². The molecule has 0 aromatic heterocycles. The number of fused-ring (bicyclic) bond motifs is 1. The van der Waals surface area contributed by atoms with Gasteiger partial charge in [-0.15, -0.1) is 0 Å². The van der Waals surface area contributed by atoms with E-state index < -0.39 is 0 Å². The van der Waals surface area contributed by atoms with Crippen LogP contribution in [0.15, 0.2) is 42.5 Å². The van der Waals surface area contributed by atoms with Crippen molar-refractivity contribution < 1.29 is 19.1 Å². The van der Waals surface area contributed by atoms with E-state index in [1.807, 2.05) is 30.0 Å². The molecule has 170 valence electrons. The molecule has 2 aliphatic heterocycles. The molecule has 1 N–H and O–H groups in total. The third-order valence-electron chi connectivity index (χ3n) is 6.38. The number of methoxy groups -OCH3 is 2. The van der Waals surface area contributed by atoms with Crippen LogP contribution in [0.3, 0.4) is 0 Å². The van der Waals surface area contributed by atoms with Crippen LogP contribution >= 0.6 is 0 Å². The predicted octanol–water partition coefficient (Wildman–Crippen LogP) is 3.14. The highest BCUT2D eigenvalue weighted by Gasteiger charge is 2.46. The van der Waals surface area contributed by atoms with Crippen LogP contribution in [0.5, 0.6) is 11.5 Å². The molecule has 2 aromatic carbocycles. The van der Waals surface area contributed by atoms with Crippen molar-refractivity contribution in [3.8, 4) is 11.5 Å². The second-order valence-corrected chi connectivity index (χ2v) is 8.47. The number of hydrogen-bond donors (Lipinski definition) is 1. The fourth-order valence-electron chi connectivity index (χ4n) is 4.58. The van der Waals surface area contributed by atoms with Gasteiger partial charge in [-0.3, -0.25) is 9.69 Å². The van der Waals surface area contributed by atoms with Crippen LogP contribution in [0.2, 0.25) is 0 Å². The summed E-state index contributed by atoms with van der Waals surface area (Å²) in [5.74, 6) is 1.16. The minimum absolute atomic E-state index is 0.109. The van der Waals surface area contributed by atoms with Gasteiger partial charge < -0.3 is 19.7 Å². The highest BCUT2D eigenvalue weighted by molar-refractivity contribution is 6.00. The molecule has 0 radical (unpaired) electrons. The molecule has 32 heavy (non-hydrogen) atoms. The Kier molecular flexibility index (Phi) is 6.65. The van der Waals surface area contributed by atoms with Crippen LogP contribution in [0.4, 0.5) is 4.79 Å². The van der Waals surface area contributed by atoms with Gasteiger partial charge in [0, 0.05) is 13.1 Å². The van der Waals surface area contributed by atoms with Gasteiger partial charge in [0.25, 0.3) is 0 Å². The molecule has 2 aromatic rings. The largest absolute Gasteiger partial charge is 0.493 e. The van der Waals surface area contributed by atoms with Crippen LogP contribution < -0.4 is 14.8 Å². The zero-order valence-electron chi connectivity index (χ0n) is 19.0. The Balaban J connectivity index is 1.54. The molecule has 0 bridgehead atoms. The Morgan fingerprint density at radius 2 is 1.72 bits per heavy atom. The minimum atomic E-state index is -0.350. The van der Waals surface area contributed by atoms with Crippen molar-refractivity contribution in [3.63, 3.8) is 0 Å². The molecule has 2 fully saturated rings. The molecule has 3 amide bonds. The van der Waals surface area contributed by atoms with Crippen molar-refractivity contribution in [3.05, 3.63) is 59.2 Å². The number of ether oxygens (including phenoxy) is 2. The fourth-order valence-corrected chi connectivity index (χ4v) is 4.58. The molecule has 0 saturated carbocycles. The zero-order valence-corrected chi connectivity index (χ0v) is 19.0. The van der Waals surface area contributed by atoms with Gasteiger partial charge in [-0.2, -0.15) is 0 Å². The summed E-state index contributed by atoms with van der Waals surface area (Å²) in [5, 5.41) is 3.36. The van der Waals surface area contributed by atoms with Gasteiger partial charge in [-0.05, 0) is 56.0 Å². The maximum absolute atomic E-state index is 13.5. The number of benzene rings is 2. The smallest absolute Gasteiger partial charge is 0.327 e. The van der Waals surface area contributed by atoms with E-state index in [4.69, 9.17) is 9.47 Å². The Hall–Kier alpha value is -3.06. The van der Waals surface area contributed by atoms with E-state index in [-0.39, 0.29) is 24.0 Å². The first-order valence-electron chi connectivity index (χ1n) is 11.1. The van der Waals surface area contributed by atoms with Crippen molar-refractivity contribution in [2.24, 2.45) is 0 Å². The summed E-state index contributed by atoms with van der Waals surface area (Å²) in [5.41, 5.74) is 3.23. The minimum Gasteiger partial charge on any atom is -0.493 e. The molecule has 0 aliphatic carbocycles. The van der Waals surface area contributed by atoms with Gasteiger partial charge in [0.05, 0.1) is 20.3 Å². The standard InChI is InChI=1S/C25H31N3O4/c1-17-6-8-19(9-7-17)16-28-20-5-4-13-26-23(20)24(29)27(25(28)30)14-12-18-10-11-21(31-2)22(15-18)32-3/h6-11,15,20,23,26H,4-5,12-14,16H2,1-3H3. The van der Waals surface area contributed by atoms with E-state index in [0.717, 1.165) is 30.5 Å². The molecule has 2 unspecified atom stereocenters. The Bertz CT molecular complexity index is 976. The second-order valence-electron chi connectivity index (χ2n) is 8.47. The van der Waals surface area contributed by atoms with E-state index in [2.05, 4.69) is 29.6 Å². The lowest BCUT2D eigenvalue weighted by Gasteiger charge is -2.47. The third kappa shape index (κ3) is 4.43. The molecule has 4 rings (SSSR count). The number of hydrogen-bond acceptors (Lipinski definition) is 5. The monoisotopic (exact) mass is 437 g/mol. The third-order valence-corrected chi connectivity index (χ3v) is 6.38. The molecule has 2 saturated heterocycles. The fraction of sp³-hybridized carbons (Fsp3) is 0.440. The topological polar surface area (TPSA) is 71.1 Å². The second kappa shape index (κ2) is 9.61. The van der Waals surface area contributed by atoms with Crippen molar-refractivity contribution in [2.75, 3.05) is 27.3 Å². The quantitative estimate of drug-likeness (QED) is 0.721. The SMILES string of the molecule is COc1ccc(CCN2C(=O)C3NCCCC3N(Cc3ccc(C)cc3)C2=O)cc1OC. The Labute approximate surface area is 189 Å². The molecule has 7 nitrogen and oxygen atoms in total. The van der Waals surface area contributed by atoms with Gasteiger partial charge in [0.2, 0.25) is 5.91 Å². The van der Waals surface area contributed by atoms with Crippen LogP contribution in [0.25, 0.3) is 0 Å². The molecule has 7 heteroatoms. The van der Waals surface area contributed by atoms with Crippen molar-refractivity contribution in [1.82, 2.24) is 15.1 Å². The summed E-state index contributed by atoms with van der Waals surface area (Å²) in [6.45, 7) is 3.67. The number of nitrogens with one attached hydrogen (secondary N) is 1. The first-order valence-corrected chi connectivity index (χ1v) is 11.1. The van der Waals surface area contributed by atoms with Gasteiger partial charge in [-0.25, -0.2) is 4.79 Å². The van der Waals surface area contributed by atoms with E-state index in [1.165, 1.54) is 10.5 Å². The van der Waals surface area contributed by atoms with E-state index in [9.17, 15) is 9.59 Å². The molecular formula is C25H31N3O4. The Morgan fingerprint density at radius 1 is 1.00 bits per heavy atom. The van der Waals surface area contributed by atoms with Gasteiger partial charge in [0.1, 0.15) is 6.04 Å². The normalized spacial score (nSPS) is 20.8. The van der Waals surface area contributed by atoms with E-state index in [1.54, 1.807) is 14.2 Å². The Morgan fingerprint density at radius 3 is 2.44 bits per heavy atom. The number of piperidine rings is 1. The number of carbonyl (C=O) groups excluding carboxylic acids is 2. The zero-order chi connectivity index (χ0) is 22.7. The molecule has 2 aliphatic rings. The number of nitrogens with zero attached hydrogens (tertiary/aromatic N) is 2. The van der Waals surface area contributed by atoms with Crippen molar-refractivity contribution >= 4 is 11.9 Å². The molecular weight excluding hydrogens is 406 g/mol. The average Bonchev–Trinajstić information content (AvgIpc) is 2.82. The van der Waals surface area contributed by atoms with E-state index >= 15 is 0 Å².